The predicted molar refractivity (Wildman–Crippen MR) is 106 cm³/mol. The highest BCUT2D eigenvalue weighted by Gasteiger charge is 2.97. The van der Waals surface area contributed by atoms with E-state index in [4.69, 9.17) is 5.73 Å². The van der Waals surface area contributed by atoms with E-state index >= 15 is 0 Å². The van der Waals surface area contributed by atoms with Crippen LogP contribution in [0.5, 0.6) is 0 Å². The zero-order valence-corrected chi connectivity index (χ0v) is 16.4. The number of hydrogen-bond donors (Lipinski definition) is 2. The molecule has 6 atom stereocenters. The van der Waals surface area contributed by atoms with E-state index in [2.05, 4.69) is 42.6 Å². The number of nitrogens with one attached hydrogen (secondary N) is 1. The van der Waals surface area contributed by atoms with E-state index in [9.17, 15) is 4.79 Å². The predicted octanol–water partition coefficient (Wildman–Crippen LogP) is 3.62. The van der Waals surface area contributed by atoms with Gasteiger partial charge in [0.25, 0.3) is 0 Å². The van der Waals surface area contributed by atoms with Crippen LogP contribution in [0.4, 0.5) is 0 Å². The summed E-state index contributed by atoms with van der Waals surface area (Å²) < 4.78 is 0. The molecule has 6 rings (SSSR count). The summed E-state index contributed by atoms with van der Waals surface area (Å²) >= 11 is 0. The Balaban J connectivity index is 1.24. The summed E-state index contributed by atoms with van der Waals surface area (Å²) in [6.07, 6.45) is 8.13. The van der Waals surface area contributed by atoms with Crippen LogP contribution in [0.2, 0.25) is 0 Å². The number of carbonyl (C=O) groups excluding carboxylic acids is 1. The molecule has 1 aromatic rings. The Bertz CT molecular complexity index is 777. The molecule has 0 bridgehead atoms. The van der Waals surface area contributed by atoms with Gasteiger partial charge in [0.15, 0.2) is 0 Å². The highest BCUT2D eigenvalue weighted by molar-refractivity contribution is 5.90. The molecule has 1 spiro atoms. The van der Waals surface area contributed by atoms with Crippen molar-refractivity contribution in [3.05, 3.63) is 35.9 Å². The molecule has 3 nitrogen and oxygen atoms in total. The lowest BCUT2D eigenvalue weighted by Gasteiger charge is -2.96. The van der Waals surface area contributed by atoms with Crippen molar-refractivity contribution in [3.8, 4) is 0 Å². The fourth-order valence-corrected chi connectivity index (χ4v) is 8.95. The molecular weight excluding hydrogens is 332 g/mol. The Labute approximate surface area is 162 Å². The van der Waals surface area contributed by atoms with Gasteiger partial charge in [-0.3, -0.25) is 4.79 Å². The van der Waals surface area contributed by atoms with Crippen LogP contribution < -0.4 is 11.1 Å². The van der Waals surface area contributed by atoms with Gasteiger partial charge in [-0.25, -0.2) is 0 Å². The van der Waals surface area contributed by atoms with Crippen LogP contribution >= 0.6 is 0 Å². The van der Waals surface area contributed by atoms with E-state index < -0.39 is 0 Å². The first-order valence-electron chi connectivity index (χ1n) is 11.2. The Morgan fingerprint density at radius 2 is 1.81 bits per heavy atom. The van der Waals surface area contributed by atoms with Crippen molar-refractivity contribution in [2.24, 2.45) is 40.2 Å². The van der Waals surface area contributed by atoms with Crippen LogP contribution in [0, 0.1) is 34.5 Å². The van der Waals surface area contributed by atoms with E-state index in [0.29, 0.717) is 28.7 Å². The molecule has 0 aromatic heterocycles. The molecule has 5 aliphatic rings. The van der Waals surface area contributed by atoms with Crippen LogP contribution in [0.3, 0.4) is 0 Å². The monoisotopic (exact) mass is 364 g/mol. The third kappa shape index (κ3) is 1.61. The summed E-state index contributed by atoms with van der Waals surface area (Å²) in [4.78, 5) is 13.5. The fraction of sp³-hybridized carbons (Fsp3) is 0.708. The van der Waals surface area contributed by atoms with Crippen molar-refractivity contribution < 1.29 is 4.79 Å². The molecule has 6 unspecified atom stereocenters. The lowest BCUT2D eigenvalue weighted by Crippen LogP contribution is -2.96. The van der Waals surface area contributed by atoms with Crippen molar-refractivity contribution in [1.29, 1.82) is 0 Å². The van der Waals surface area contributed by atoms with E-state index in [0.717, 1.165) is 50.0 Å². The molecule has 0 radical (unpaired) electrons. The Kier molecular flexibility index (Phi) is 3.18. The van der Waals surface area contributed by atoms with Gasteiger partial charge in [0.05, 0.1) is 5.41 Å². The van der Waals surface area contributed by atoms with Crippen molar-refractivity contribution in [3.63, 3.8) is 0 Å². The van der Waals surface area contributed by atoms with Gasteiger partial charge >= 0.3 is 0 Å². The lowest BCUT2D eigenvalue weighted by molar-refractivity contribution is -0.454. The highest BCUT2D eigenvalue weighted by atomic mass is 16.2. The average molecular weight is 365 g/mol. The Hall–Kier alpha value is -1.35. The van der Waals surface area contributed by atoms with Crippen LogP contribution in [0.25, 0.3) is 0 Å². The van der Waals surface area contributed by atoms with Gasteiger partial charge < -0.3 is 11.1 Å². The van der Waals surface area contributed by atoms with E-state index in [1.54, 1.807) is 0 Å². The van der Waals surface area contributed by atoms with E-state index in [-0.39, 0.29) is 5.41 Å². The molecule has 144 valence electrons. The molecule has 1 amide bonds. The minimum Gasteiger partial charge on any atom is -0.353 e. The Morgan fingerprint density at radius 3 is 2.48 bits per heavy atom. The van der Waals surface area contributed by atoms with Gasteiger partial charge in [0.1, 0.15) is 0 Å². The van der Waals surface area contributed by atoms with E-state index in [1.807, 2.05) is 0 Å². The number of carbonyl (C=O) groups is 1. The summed E-state index contributed by atoms with van der Waals surface area (Å²) in [5.41, 5.74) is 7.90. The molecule has 0 aliphatic heterocycles. The fourth-order valence-electron chi connectivity index (χ4n) is 8.95. The summed E-state index contributed by atoms with van der Waals surface area (Å²) in [6.45, 7) is 3.23. The standard InChI is InChI=1S/C24H32N2O/c1-15-19-11-22(17-5-3-2-4-6-17)14-23(12-20(15)24(19,22)23)21(27)26-18-9-7-16(13-25)8-10-18/h2-6,15-16,18-20H,7-14,25H2,1H3,(H,26,27)/t15?,16-,18-,19?,20?,22?,23?,24?. The summed E-state index contributed by atoms with van der Waals surface area (Å²) in [7, 11) is 0. The molecule has 0 saturated heterocycles. The molecule has 5 saturated carbocycles. The molecule has 27 heavy (non-hydrogen) atoms. The van der Waals surface area contributed by atoms with Crippen LogP contribution in [-0.2, 0) is 10.2 Å². The van der Waals surface area contributed by atoms with Crippen LogP contribution in [0.15, 0.2) is 30.3 Å². The number of amides is 1. The first-order valence-corrected chi connectivity index (χ1v) is 11.2. The van der Waals surface area contributed by atoms with E-state index in [1.165, 1.54) is 24.8 Å². The SMILES string of the molecule is CC1C2CC3(C(=O)N[C@H]4CC[C@H](CN)CC4)CC4(c5ccccc5)CC1C234. The maximum absolute atomic E-state index is 13.5. The van der Waals surface area contributed by atoms with Gasteiger partial charge in [-0.15, -0.1) is 0 Å². The molecular formula is C24H32N2O. The average Bonchev–Trinajstić information content (AvgIpc) is 2.66. The summed E-state index contributed by atoms with van der Waals surface area (Å²) in [6, 6.07) is 11.5. The molecule has 5 fully saturated rings. The van der Waals surface area contributed by atoms with Crippen LogP contribution in [-0.4, -0.2) is 18.5 Å². The first-order chi connectivity index (χ1) is 13.1. The third-order valence-corrected chi connectivity index (χ3v) is 10.0. The summed E-state index contributed by atoms with van der Waals surface area (Å²) in [5.74, 6) is 3.45. The molecule has 1 aromatic carbocycles. The molecule has 5 aliphatic carbocycles. The number of nitrogens with two attached hydrogens (primary N) is 1. The number of benzene rings is 1. The summed E-state index contributed by atoms with van der Waals surface area (Å²) in [5, 5.41) is 3.51. The largest absolute Gasteiger partial charge is 0.353 e. The molecule has 3 heteroatoms. The number of hydrogen-bond acceptors (Lipinski definition) is 2. The second-order valence-corrected chi connectivity index (χ2v) is 10.5. The maximum Gasteiger partial charge on any atom is 0.227 e. The van der Waals surface area contributed by atoms with Gasteiger partial charge in [-0.1, -0.05) is 37.3 Å². The normalized spacial score (nSPS) is 51.4. The van der Waals surface area contributed by atoms with Gasteiger partial charge in [-0.05, 0) is 80.7 Å². The van der Waals surface area contributed by atoms with Crippen molar-refractivity contribution in [1.82, 2.24) is 5.32 Å². The first kappa shape index (κ1) is 16.6. The quantitative estimate of drug-likeness (QED) is 0.857. The van der Waals surface area contributed by atoms with Crippen LogP contribution in [0.1, 0.15) is 57.4 Å². The lowest BCUT2D eigenvalue weighted by atomic mass is 9.06. The van der Waals surface area contributed by atoms with Gasteiger partial charge in [0, 0.05) is 16.9 Å². The molecule has 3 N–H and O–H groups in total. The molecule has 0 heterocycles. The third-order valence-electron chi connectivity index (χ3n) is 10.0. The highest BCUT2D eigenvalue weighted by Crippen LogP contribution is 2.98. The maximum atomic E-state index is 13.5. The smallest absolute Gasteiger partial charge is 0.227 e. The van der Waals surface area contributed by atoms with Crippen molar-refractivity contribution in [2.75, 3.05) is 6.54 Å². The minimum absolute atomic E-state index is 0.0480. The second kappa shape index (κ2) is 5.17. The minimum atomic E-state index is -0.0480. The topological polar surface area (TPSA) is 55.1 Å². The van der Waals surface area contributed by atoms with Gasteiger partial charge in [-0.2, -0.15) is 0 Å². The number of rotatable bonds is 4. The van der Waals surface area contributed by atoms with Gasteiger partial charge in [0.2, 0.25) is 5.91 Å². The van der Waals surface area contributed by atoms with Crippen molar-refractivity contribution in [2.45, 2.75) is 63.3 Å². The zero-order valence-electron chi connectivity index (χ0n) is 16.4. The second-order valence-electron chi connectivity index (χ2n) is 10.5. The zero-order chi connectivity index (χ0) is 18.4. The Morgan fingerprint density at radius 1 is 1.11 bits per heavy atom. The van der Waals surface area contributed by atoms with Crippen molar-refractivity contribution >= 4 is 5.91 Å².